The zero-order valence-corrected chi connectivity index (χ0v) is 15.5. The van der Waals surface area contributed by atoms with E-state index < -0.39 is 0 Å². The first-order chi connectivity index (χ1) is 12.7. The maximum Gasteiger partial charge on any atom is 0.229 e. The topological polar surface area (TPSA) is 64.6 Å². The van der Waals surface area contributed by atoms with E-state index in [1.165, 1.54) is 11.7 Å². The van der Waals surface area contributed by atoms with E-state index in [0.717, 1.165) is 27.9 Å². The van der Waals surface area contributed by atoms with Crippen molar-refractivity contribution in [2.24, 2.45) is 5.92 Å². The molecule has 0 aliphatic carbocycles. The number of carbonyl (C=O) groups is 1. The summed E-state index contributed by atoms with van der Waals surface area (Å²) in [6.45, 7) is 0.902. The van der Waals surface area contributed by atoms with Crippen LogP contribution in [0.3, 0.4) is 0 Å². The number of ether oxygens (including phenoxy) is 2. The van der Waals surface area contributed by atoms with Crippen LogP contribution in [0, 0.1) is 5.92 Å². The van der Waals surface area contributed by atoms with E-state index in [4.69, 9.17) is 9.47 Å². The standard InChI is InChI=1S/C19H19N3O3S/c1-22(10-12-6-7-15-16(8-12)21-26-20-15)19(23)14-9-13-4-3-5-17(24-2)18(13)25-11-14/h3-8,14H,9-11H2,1-2H3. The third-order valence-electron chi connectivity index (χ3n) is 4.64. The molecule has 1 aliphatic heterocycles. The van der Waals surface area contributed by atoms with Crippen molar-refractivity contribution in [2.75, 3.05) is 20.8 Å². The van der Waals surface area contributed by atoms with Crippen molar-refractivity contribution in [3.8, 4) is 11.5 Å². The molecule has 6 nitrogen and oxygen atoms in total. The lowest BCUT2D eigenvalue weighted by Crippen LogP contribution is -2.38. The fraction of sp³-hybridized carbons (Fsp3) is 0.316. The Morgan fingerprint density at radius 2 is 2.15 bits per heavy atom. The quantitative estimate of drug-likeness (QED) is 0.707. The van der Waals surface area contributed by atoms with Crippen LogP contribution in [0.5, 0.6) is 11.5 Å². The highest BCUT2D eigenvalue weighted by Crippen LogP contribution is 2.36. The van der Waals surface area contributed by atoms with Crippen LogP contribution in [0.1, 0.15) is 11.1 Å². The molecule has 0 spiro atoms. The smallest absolute Gasteiger partial charge is 0.229 e. The van der Waals surface area contributed by atoms with Crippen molar-refractivity contribution in [3.05, 3.63) is 47.5 Å². The summed E-state index contributed by atoms with van der Waals surface area (Å²) < 4.78 is 19.6. The van der Waals surface area contributed by atoms with Gasteiger partial charge in [0.05, 0.1) is 24.8 Å². The van der Waals surface area contributed by atoms with Crippen LogP contribution in [0.25, 0.3) is 11.0 Å². The molecule has 4 rings (SSSR count). The largest absolute Gasteiger partial charge is 0.493 e. The monoisotopic (exact) mass is 369 g/mol. The van der Waals surface area contributed by atoms with Gasteiger partial charge in [-0.3, -0.25) is 4.79 Å². The molecule has 1 aliphatic rings. The van der Waals surface area contributed by atoms with E-state index in [2.05, 4.69) is 8.75 Å². The number of amides is 1. The first-order valence-corrected chi connectivity index (χ1v) is 9.13. The lowest BCUT2D eigenvalue weighted by Gasteiger charge is -2.29. The summed E-state index contributed by atoms with van der Waals surface area (Å²) in [6, 6.07) is 11.7. The first kappa shape index (κ1) is 16.8. The Morgan fingerprint density at radius 3 is 3.00 bits per heavy atom. The van der Waals surface area contributed by atoms with Crippen LogP contribution >= 0.6 is 11.7 Å². The maximum absolute atomic E-state index is 12.9. The molecule has 1 aromatic heterocycles. The Labute approximate surface area is 155 Å². The van der Waals surface area contributed by atoms with Crippen molar-refractivity contribution in [2.45, 2.75) is 13.0 Å². The second-order valence-corrected chi connectivity index (χ2v) is 6.97. The van der Waals surface area contributed by atoms with Crippen LogP contribution in [-0.4, -0.2) is 40.3 Å². The normalized spacial score (nSPS) is 16.0. The fourth-order valence-corrected chi connectivity index (χ4v) is 3.82. The molecule has 1 amide bonds. The molecule has 0 bridgehead atoms. The van der Waals surface area contributed by atoms with Gasteiger partial charge in [0, 0.05) is 13.6 Å². The summed E-state index contributed by atoms with van der Waals surface area (Å²) >= 11 is 1.20. The summed E-state index contributed by atoms with van der Waals surface area (Å²) in [4.78, 5) is 14.6. The second-order valence-electron chi connectivity index (χ2n) is 6.44. The van der Waals surface area contributed by atoms with Crippen LogP contribution in [0.2, 0.25) is 0 Å². The van der Waals surface area contributed by atoms with Gasteiger partial charge in [-0.2, -0.15) is 8.75 Å². The third kappa shape index (κ3) is 3.10. The molecule has 0 saturated carbocycles. The summed E-state index contributed by atoms with van der Waals surface area (Å²) in [5.74, 6) is 1.36. The number of para-hydroxylation sites is 1. The summed E-state index contributed by atoms with van der Waals surface area (Å²) in [6.07, 6.45) is 0.657. The van der Waals surface area contributed by atoms with Gasteiger partial charge < -0.3 is 14.4 Å². The lowest BCUT2D eigenvalue weighted by molar-refractivity contribution is -0.136. The van der Waals surface area contributed by atoms with E-state index in [0.29, 0.717) is 25.3 Å². The molecule has 1 unspecified atom stereocenters. The van der Waals surface area contributed by atoms with Gasteiger partial charge in [-0.15, -0.1) is 0 Å². The minimum atomic E-state index is -0.190. The molecule has 26 heavy (non-hydrogen) atoms. The number of hydrogen-bond acceptors (Lipinski definition) is 6. The second kappa shape index (κ2) is 6.92. The zero-order chi connectivity index (χ0) is 18.1. The molecule has 0 radical (unpaired) electrons. The number of methoxy groups -OCH3 is 1. The van der Waals surface area contributed by atoms with Gasteiger partial charge in [0.25, 0.3) is 0 Å². The Balaban J connectivity index is 1.46. The zero-order valence-electron chi connectivity index (χ0n) is 14.6. The van der Waals surface area contributed by atoms with E-state index in [-0.39, 0.29) is 11.8 Å². The SMILES string of the molecule is COc1cccc2c1OCC(C(=O)N(C)Cc1ccc3nsnc3c1)C2. The highest BCUT2D eigenvalue weighted by atomic mass is 32.1. The van der Waals surface area contributed by atoms with E-state index in [9.17, 15) is 4.79 Å². The molecule has 2 heterocycles. The molecular formula is C19H19N3O3S. The number of hydrogen-bond donors (Lipinski definition) is 0. The molecule has 0 saturated heterocycles. The van der Waals surface area contributed by atoms with Gasteiger partial charge >= 0.3 is 0 Å². The first-order valence-electron chi connectivity index (χ1n) is 8.40. The summed E-state index contributed by atoms with van der Waals surface area (Å²) in [7, 11) is 3.45. The maximum atomic E-state index is 12.9. The Bertz CT molecular complexity index is 956. The highest BCUT2D eigenvalue weighted by Gasteiger charge is 2.29. The molecule has 0 N–H and O–H groups in total. The predicted octanol–water partition coefficient (Wildman–Crippen LogP) is 2.91. The Hall–Kier alpha value is -2.67. The minimum Gasteiger partial charge on any atom is -0.493 e. The van der Waals surface area contributed by atoms with Crippen molar-refractivity contribution < 1.29 is 14.3 Å². The number of rotatable bonds is 4. The molecule has 2 aromatic carbocycles. The molecule has 7 heteroatoms. The molecule has 134 valence electrons. The van der Waals surface area contributed by atoms with Gasteiger partial charge in [0.15, 0.2) is 11.5 Å². The Kier molecular flexibility index (Phi) is 4.46. The number of benzene rings is 2. The van der Waals surface area contributed by atoms with Crippen LogP contribution in [-0.2, 0) is 17.8 Å². The fourth-order valence-electron chi connectivity index (χ4n) is 3.30. The van der Waals surface area contributed by atoms with E-state index in [1.54, 1.807) is 12.0 Å². The summed E-state index contributed by atoms with van der Waals surface area (Å²) in [5, 5.41) is 0. The average molecular weight is 369 g/mol. The van der Waals surface area contributed by atoms with Crippen LogP contribution in [0.4, 0.5) is 0 Å². The predicted molar refractivity (Wildman–Crippen MR) is 99.6 cm³/mol. The van der Waals surface area contributed by atoms with Crippen molar-refractivity contribution in [1.82, 2.24) is 13.6 Å². The van der Waals surface area contributed by atoms with E-state index in [1.807, 2.05) is 43.4 Å². The molecule has 0 fully saturated rings. The van der Waals surface area contributed by atoms with Gasteiger partial charge in [0.2, 0.25) is 5.91 Å². The van der Waals surface area contributed by atoms with Gasteiger partial charge in [-0.1, -0.05) is 18.2 Å². The number of fused-ring (bicyclic) bond motifs is 2. The average Bonchev–Trinajstić information content (AvgIpc) is 3.14. The van der Waals surface area contributed by atoms with Crippen molar-refractivity contribution in [1.29, 1.82) is 0 Å². The van der Waals surface area contributed by atoms with E-state index >= 15 is 0 Å². The van der Waals surface area contributed by atoms with Crippen molar-refractivity contribution >= 4 is 28.7 Å². The number of aromatic nitrogens is 2. The highest BCUT2D eigenvalue weighted by molar-refractivity contribution is 7.00. The molecule has 3 aromatic rings. The number of carbonyl (C=O) groups excluding carboxylic acids is 1. The van der Waals surface area contributed by atoms with Crippen molar-refractivity contribution in [3.63, 3.8) is 0 Å². The molecular weight excluding hydrogens is 350 g/mol. The van der Waals surface area contributed by atoms with Gasteiger partial charge in [-0.05, 0) is 35.7 Å². The van der Waals surface area contributed by atoms with Crippen LogP contribution < -0.4 is 9.47 Å². The minimum absolute atomic E-state index is 0.0787. The van der Waals surface area contributed by atoms with Gasteiger partial charge in [0.1, 0.15) is 17.6 Å². The number of nitrogens with zero attached hydrogens (tertiary/aromatic N) is 3. The van der Waals surface area contributed by atoms with Gasteiger partial charge in [-0.25, -0.2) is 0 Å². The molecule has 1 atom stereocenters. The summed E-state index contributed by atoms with van der Waals surface area (Å²) in [5.41, 5.74) is 3.81. The Morgan fingerprint density at radius 1 is 1.31 bits per heavy atom. The lowest BCUT2D eigenvalue weighted by atomic mass is 9.95. The van der Waals surface area contributed by atoms with Crippen LogP contribution in [0.15, 0.2) is 36.4 Å². The third-order valence-corrected chi connectivity index (χ3v) is 5.20.